The summed E-state index contributed by atoms with van der Waals surface area (Å²) in [4.78, 5) is 0. The lowest BCUT2D eigenvalue weighted by Crippen LogP contribution is -2.23. The molecule has 0 bridgehead atoms. The maximum atomic E-state index is 2.49. The number of rotatable bonds is 7. The highest BCUT2D eigenvalue weighted by atomic mass is 31.1. The third kappa shape index (κ3) is 5.72. The minimum Gasteiger partial charge on any atom is -0.0798 e. The van der Waals surface area contributed by atoms with E-state index in [-0.39, 0.29) is 0 Å². The molecular formula is C35H36P2. The Balaban J connectivity index is 1.68. The minimum absolute atomic E-state index is 0.444. The van der Waals surface area contributed by atoms with E-state index >= 15 is 0 Å². The topological polar surface area (TPSA) is 0 Å². The molecule has 37 heavy (non-hydrogen) atoms. The Morgan fingerprint density at radius 2 is 1.00 bits per heavy atom. The molecule has 0 aliphatic heterocycles. The Hall–Kier alpha value is -2.78. The maximum absolute atomic E-state index is 2.49. The van der Waals surface area contributed by atoms with Crippen molar-refractivity contribution in [1.29, 1.82) is 0 Å². The van der Waals surface area contributed by atoms with Gasteiger partial charge in [-0.3, -0.25) is 0 Å². The third-order valence-corrected chi connectivity index (χ3v) is 12.3. The Labute approximate surface area is 225 Å². The van der Waals surface area contributed by atoms with Crippen molar-refractivity contribution in [3.05, 3.63) is 142 Å². The van der Waals surface area contributed by atoms with Gasteiger partial charge in [0.2, 0.25) is 0 Å². The molecule has 0 saturated carbocycles. The van der Waals surface area contributed by atoms with Crippen LogP contribution in [0, 0.1) is 27.7 Å². The summed E-state index contributed by atoms with van der Waals surface area (Å²) in [6.07, 6.45) is 5.89. The van der Waals surface area contributed by atoms with Crippen LogP contribution in [-0.4, -0.2) is 5.66 Å². The predicted octanol–water partition coefficient (Wildman–Crippen LogP) is 8.09. The van der Waals surface area contributed by atoms with Gasteiger partial charge in [0.1, 0.15) is 0 Å². The lowest BCUT2D eigenvalue weighted by Gasteiger charge is -2.31. The zero-order valence-corrected chi connectivity index (χ0v) is 24.4. The summed E-state index contributed by atoms with van der Waals surface area (Å²) < 4.78 is 0. The first kappa shape index (κ1) is 25.9. The zero-order valence-electron chi connectivity index (χ0n) is 22.6. The second-order valence-corrected chi connectivity index (χ2v) is 15.0. The van der Waals surface area contributed by atoms with Crippen molar-refractivity contribution in [1.82, 2.24) is 0 Å². The van der Waals surface area contributed by atoms with Crippen molar-refractivity contribution in [2.45, 2.75) is 46.7 Å². The molecule has 5 rings (SSSR count). The van der Waals surface area contributed by atoms with E-state index in [9.17, 15) is 0 Å². The van der Waals surface area contributed by atoms with Crippen LogP contribution >= 0.6 is 15.8 Å². The number of benzene rings is 4. The molecule has 0 fully saturated rings. The second kappa shape index (κ2) is 11.3. The van der Waals surface area contributed by atoms with Crippen LogP contribution in [0.3, 0.4) is 0 Å². The molecule has 0 saturated heterocycles. The number of aryl methyl sites for hydroxylation is 4. The molecule has 4 aromatic carbocycles. The summed E-state index contributed by atoms with van der Waals surface area (Å²) in [7, 11) is -1.17. The fourth-order valence-electron chi connectivity index (χ4n) is 5.62. The van der Waals surface area contributed by atoms with Gasteiger partial charge in [-0.1, -0.05) is 144 Å². The summed E-state index contributed by atoms with van der Waals surface area (Å²) in [6, 6.07) is 36.6. The molecule has 0 radical (unpaired) electrons. The van der Waals surface area contributed by atoms with Crippen LogP contribution in [0.1, 0.15) is 35.6 Å². The molecule has 4 aromatic rings. The summed E-state index contributed by atoms with van der Waals surface area (Å²) in [5.74, 6) is 0. The van der Waals surface area contributed by atoms with Gasteiger partial charge in [-0.25, -0.2) is 0 Å². The van der Waals surface area contributed by atoms with E-state index in [2.05, 4.69) is 144 Å². The normalized spacial score (nSPS) is 14.1. The Bertz CT molecular complexity index is 1320. The van der Waals surface area contributed by atoms with E-state index < -0.39 is 15.8 Å². The molecule has 0 amide bonds. The second-order valence-electron chi connectivity index (χ2n) is 10.3. The quantitative estimate of drug-likeness (QED) is 0.217. The summed E-state index contributed by atoms with van der Waals surface area (Å²) >= 11 is 0. The highest BCUT2D eigenvalue weighted by Crippen LogP contribution is 2.53. The monoisotopic (exact) mass is 518 g/mol. The first-order valence-electron chi connectivity index (χ1n) is 13.2. The molecule has 0 spiro atoms. The summed E-state index contributed by atoms with van der Waals surface area (Å²) in [5, 5.41) is 7.38. The Morgan fingerprint density at radius 3 is 1.43 bits per heavy atom. The van der Waals surface area contributed by atoms with E-state index in [0.29, 0.717) is 5.66 Å². The van der Waals surface area contributed by atoms with Crippen molar-refractivity contribution in [2.24, 2.45) is 0 Å². The molecule has 186 valence electrons. The minimum atomic E-state index is -0.608. The number of hydrogen-bond donors (Lipinski definition) is 0. The van der Waals surface area contributed by atoms with Gasteiger partial charge < -0.3 is 0 Å². The summed E-state index contributed by atoms with van der Waals surface area (Å²) in [6.45, 7) is 11.4. The van der Waals surface area contributed by atoms with Crippen molar-refractivity contribution >= 4 is 37.1 Å². The van der Waals surface area contributed by atoms with Gasteiger partial charge in [0.25, 0.3) is 0 Å². The lowest BCUT2D eigenvalue weighted by molar-refractivity contribution is 1.06. The van der Waals surface area contributed by atoms with Gasteiger partial charge in [-0.15, -0.1) is 0 Å². The van der Waals surface area contributed by atoms with E-state index in [1.54, 1.807) is 10.9 Å². The summed E-state index contributed by atoms with van der Waals surface area (Å²) in [5.41, 5.74) is 7.48. The average molecular weight is 519 g/mol. The van der Waals surface area contributed by atoms with Gasteiger partial charge >= 0.3 is 0 Å². The van der Waals surface area contributed by atoms with E-state index in [1.165, 1.54) is 43.5 Å². The molecule has 1 aliphatic rings. The van der Waals surface area contributed by atoms with Crippen LogP contribution in [0.25, 0.3) is 0 Å². The van der Waals surface area contributed by atoms with Crippen molar-refractivity contribution in [3.8, 4) is 0 Å². The van der Waals surface area contributed by atoms with E-state index in [1.807, 2.05) is 0 Å². The standard InChI is InChI=1S/C35H36P2/c1-25-19-26(2)22-32(21-25)36(33-23-27(3)20-28(4)24-33)29(5)34-17-12-18-35(34)37(30-13-8-6-9-14-30)31-15-10-7-11-16-31/h6-16,18-24,29H,17H2,1-5H3/t29-/m1/s1. The highest BCUT2D eigenvalue weighted by molar-refractivity contribution is 7.77. The molecule has 0 nitrogen and oxygen atoms in total. The Morgan fingerprint density at radius 1 is 0.568 bits per heavy atom. The smallest absolute Gasteiger partial charge is 0.00652 e. The van der Waals surface area contributed by atoms with Crippen LogP contribution in [0.5, 0.6) is 0 Å². The first-order valence-corrected chi connectivity index (χ1v) is 15.9. The van der Waals surface area contributed by atoms with Gasteiger partial charge in [0.15, 0.2) is 0 Å². The van der Waals surface area contributed by atoms with Crippen molar-refractivity contribution in [3.63, 3.8) is 0 Å². The molecule has 1 atom stereocenters. The average Bonchev–Trinajstić information content (AvgIpc) is 3.34. The van der Waals surface area contributed by atoms with Crippen molar-refractivity contribution in [2.75, 3.05) is 0 Å². The van der Waals surface area contributed by atoms with Gasteiger partial charge in [-0.2, -0.15) is 0 Å². The Kier molecular flexibility index (Phi) is 7.90. The first-order chi connectivity index (χ1) is 17.9. The largest absolute Gasteiger partial charge is 0.0798 e. The van der Waals surface area contributed by atoms with Crippen LogP contribution < -0.4 is 21.2 Å². The molecular weight excluding hydrogens is 482 g/mol. The van der Waals surface area contributed by atoms with E-state index in [4.69, 9.17) is 0 Å². The molecule has 0 heterocycles. The predicted molar refractivity (Wildman–Crippen MR) is 167 cm³/mol. The molecule has 2 heteroatoms. The third-order valence-electron chi connectivity index (χ3n) is 7.07. The lowest BCUT2D eigenvalue weighted by atomic mass is 10.1. The van der Waals surface area contributed by atoms with Gasteiger partial charge in [0, 0.05) is 5.66 Å². The van der Waals surface area contributed by atoms with Crippen LogP contribution in [0.4, 0.5) is 0 Å². The van der Waals surface area contributed by atoms with Gasteiger partial charge in [-0.05, 0) is 76.5 Å². The maximum Gasteiger partial charge on any atom is 0.00652 e. The molecule has 1 aliphatic carbocycles. The van der Waals surface area contributed by atoms with Gasteiger partial charge in [0.05, 0.1) is 0 Å². The van der Waals surface area contributed by atoms with Crippen LogP contribution in [-0.2, 0) is 0 Å². The fraction of sp³-hybridized carbons (Fsp3) is 0.200. The SMILES string of the molecule is Cc1cc(C)cc(P(c2cc(C)cc(C)c2)[C@H](C)C2=C(P(c3ccccc3)c3ccccc3)C=CC2)c1. The van der Waals surface area contributed by atoms with Crippen LogP contribution in [0.2, 0.25) is 0 Å². The zero-order chi connectivity index (χ0) is 25.9. The molecule has 0 N–H and O–H groups in total. The number of hydrogen-bond acceptors (Lipinski definition) is 0. The number of allylic oxidation sites excluding steroid dienone is 4. The van der Waals surface area contributed by atoms with E-state index in [0.717, 1.165) is 6.42 Å². The fourth-order valence-corrected chi connectivity index (χ4v) is 11.5. The van der Waals surface area contributed by atoms with Crippen molar-refractivity contribution < 1.29 is 0 Å². The molecule has 0 unspecified atom stereocenters. The van der Waals surface area contributed by atoms with Crippen LogP contribution in [0.15, 0.2) is 120 Å². The highest BCUT2D eigenvalue weighted by Gasteiger charge is 2.31. The molecule has 0 aromatic heterocycles.